The summed E-state index contributed by atoms with van der Waals surface area (Å²) in [6.07, 6.45) is 5.91. The predicted octanol–water partition coefficient (Wildman–Crippen LogP) is 3.11. The number of carboxylic acids is 1. The van der Waals surface area contributed by atoms with Crippen LogP contribution in [0.15, 0.2) is 55.0 Å². The molecule has 0 amide bonds. The van der Waals surface area contributed by atoms with Crippen molar-refractivity contribution >= 4 is 16.7 Å². The van der Waals surface area contributed by atoms with Gasteiger partial charge in [-0.2, -0.15) is 0 Å². The van der Waals surface area contributed by atoms with Gasteiger partial charge in [0.1, 0.15) is 5.41 Å². The van der Waals surface area contributed by atoms with E-state index in [1.807, 2.05) is 29.0 Å². The number of nitrogens with zero attached hydrogens (tertiary/aromatic N) is 2. The lowest BCUT2D eigenvalue weighted by Crippen LogP contribution is -2.23. The number of benzene rings is 2. The second-order valence-corrected chi connectivity index (χ2v) is 6.81. The number of nitrogens with two attached hydrogens (primary N) is 1. The number of carboxylic acid groups (broad SMARTS) is 1. The smallest absolute Gasteiger partial charge is 0.316 e. The Morgan fingerprint density at radius 3 is 2.84 bits per heavy atom. The summed E-state index contributed by atoms with van der Waals surface area (Å²) in [4.78, 5) is 16.3. The van der Waals surface area contributed by atoms with Gasteiger partial charge in [-0.25, -0.2) is 4.98 Å². The van der Waals surface area contributed by atoms with Crippen molar-refractivity contribution in [1.29, 1.82) is 0 Å². The highest BCUT2D eigenvalue weighted by Crippen LogP contribution is 2.56. The van der Waals surface area contributed by atoms with E-state index in [1.165, 1.54) is 5.39 Å². The molecule has 5 nitrogen and oxygen atoms in total. The van der Waals surface area contributed by atoms with Crippen molar-refractivity contribution in [3.05, 3.63) is 60.7 Å². The largest absolute Gasteiger partial charge is 0.481 e. The third kappa shape index (κ3) is 2.61. The van der Waals surface area contributed by atoms with Crippen LogP contribution in [-0.2, 0) is 10.2 Å². The van der Waals surface area contributed by atoms with Crippen LogP contribution in [0.5, 0.6) is 0 Å². The molecule has 4 rings (SSSR count). The Kier molecular flexibility index (Phi) is 3.81. The first-order valence-electron chi connectivity index (χ1n) is 8.62. The fourth-order valence-corrected chi connectivity index (χ4v) is 3.76. The zero-order valence-corrected chi connectivity index (χ0v) is 13.9. The van der Waals surface area contributed by atoms with Crippen molar-refractivity contribution in [3.8, 4) is 5.69 Å². The van der Waals surface area contributed by atoms with E-state index < -0.39 is 11.4 Å². The van der Waals surface area contributed by atoms with Crippen LogP contribution in [-0.4, -0.2) is 27.2 Å². The second-order valence-electron chi connectivity index (χ2n) is 6.81. The molecule has 0 saturated heterocycles. The van der Waals surface area contributed by atoms with Crippen LogP contribution < -0.4 is 5.73 Å². The van der Waals surface area contributed by atoms with E-state index in [-0.39, 0.29) is 5.92 Å². The first-order chi connectivity index (χ1) is 12.1. The van der Waals surface area contributed by atoms with Crippen LogP contribution in [0.3, 0.4) is 0 Å². The molecule has 1 saturated carbocycles. The average molecular weight is 335 g/mol. The summed E-state index contributed by atoms with van der Waals surface area (Å²) in [5, 5.41) is 12.1. The average Bonchev–Trinajstić information content (AvgIpc) is 3.16. The van der Waals surface area contributed by atoms with Gasteiger partial charge in [0.05, 0.1) is 12.0 Å². The molecule has 0 aliphatic heterocycles. The van der Waals surface area contributed by atoms with Crippen LogP contribution in [0.4, 0.5) is 0 Å². The van der Waals surface area contributed by atoms with Crippen LogP contribution in [0.1, 0.15) is 25.0 Å². The maximum absolute atomic E-state index is 11.9. The lowest BCUT2D eigenvalue weighted by molar-refractivity contribution is -0.140. The highest BCUT2D eigenvalue weighted by molar-refractivity contribution is 5.86. The molecule has 2 atom stereocenters. The van der Waals surface area contributed by atoms with E-state index in [9.17, 15) is 9.90 Å². The summed E-state index contributed by atoms with van der Waals surface area (Å²) < 4.78 is 1.91. The third-order valence-corrected chi connectivity index (χ3v) is 5.31. The molecule has 0 spiro atoms. The fraction of sp³-hybridized carbons (Fsp3) is 0.300. The van der Waals surface area contributed by atoms with Gasteiger partial charge in [-0.3, -0.25) is 4.79 Å². The molecule has 25 heavy (non-hydrogen) atoms. The number of rotatable bonds is 6. The summed E-state index contributed by atoms with van der Waals surface area (Å²) >= 11 is 0. The number of imidazole rings is 1. The van der Waals surface area contributed by atoms with Gasteiger partial charge in [0.2, 0.25) is 0 Å². The van der Waals surface area contributed by atoms with E-state index in [4.69, 9.17) is 5.73 Å². The van der Waals surface area contributed by atoms with Gasteiger partial charge in [0.25, 0.3) is 0 Å². The molecule has 0 radical (unpaired) electrons. The molecule has 1 aliphatic rings. The highest BCUT2D eigenvalue weighted by atomic mass is 16.4. The monoisotopic (exact) mass is 335 g/mol. The minimum Gasteiger partial charge on any atom is -0.481 e. The van der Waals surface area contributed by atoms with E-state index in [0.717, 1.165) is 23.9 Å². The zero-order valence-electron chi connectivity index (χ0n) is 13.9. The summed E-state index contributed by atoms with van der Waals surface area (Å²) in [6, 6.07) is 14.4. The summed E-state index contributed by atoms with van der Waals surface area (Å²) in [5.41, 5.74) is 6.36. The Balaban J connectivity index is 1.66. The van der Waals surface area contributed by atoms with E-state index in [2.05, 4.69) is 29.2 Å². The van der Waals surface area contributed by atoms with Crippen LogP contribution in [0.2, 0.25) is 0 Å². The molecular weight excluding hydrogens is 314 g/mol. The van der Waals surface area contributed by atoms with Crippen molar-refractivity contribution in [2.75, 3.05) is 6.54 Å². The molecule has 128 valence electrons. The van der Waals surface area contributed by atoms with Gasteiger partial charge in [-0.15, -0.1) is 0 Å². The zero-order chi connectivity index (χ0) is 17.4. The SMILES string of the molecule is NCCC[C@H]1C[C@]1(C(=O)O)c1cn(-c2ccc3ccccc3c2)cn1. The lowest BCUT2D eigenvalue weighted by Gasteiger charge is -2.09. The van der Waals surface area contributed by atoms with Gasteiger partial charge in [-0.1, -0.05) is 30.3 Å². The lowest BCUT2D eigenvalue weighted by atomic mass is 9.98. The Labute approximate surface area is 146 Å². The molecule has 5 heteroatoms. The Morgan fingerprint density at radius 1 is 1.28 bits per heavy atom. The molecule has 1 aliphatic carbocycles. The number of carbonyl (C=O) groups is 1. The first kappa shape index (κ1) is 15.8. The summed E-state index contributed by atoms with van der Waals surface area (Å²) in [5.74, 6) is -0.646. The fourth-order valence-electron chi connectivity index (χ4n) is 3.76. The van der Waals surface area contributed by atoms with E-state index in [0.29, 0.717) is 18.7 Å². The van der Waals surface area contributed by atoms with E-state index >= 15 is 0 Å². The van der Waals surface area contributed by atoms with Crippen molar-refractivity contribution in [1.82, 2.24) is 9.55 Å². The first-order valence-corrected chi connectivity index (χ1v) is 8.62. The quantitative estimate of drug-likeness (QED) is 0.725. The van der Waals surface area contributed by atoms with Gasteiger partial charge < -0.3 is 15.4 Å². The van der Waals surface area contributed by atoms with Crippen LogP contribution >= 0.6 is 0 Å². The maximum atomic E-state index is 11.9. The standard InChI is InChI=1S/C20H21N3O2/c21-9-3-6-16-11-20(16,19(24)25)18-12-23(13-22-18)17-8-7-14-4-1-2-5-15(14)10-17/h1-2,4-5,7-8,10,12-13,16H,3,6,9,11,21H2,(H,24,25)/t16-,20+/m0/s1. The number of hydrogen-bond acceptors (Lipinski definition) is 3. The maximum Gasteiger partial charge on any atom is 0.316 e. The molecule has 3 N–H and O–H groups in total. The Morgan fingerprint density at radius 2 is 2.08 bits per heavy atom. The predicted molar refractivity (Wildman–Crippen MR) is 96.8 cm³/mol. The normalized spacial score (nSPS) is 22.2. The van der Waals surface area contributed by atoms with Gasteiger partial charge >= 0.3 is 5.97 Å². The Bertz CT molecular complexity index is 933. The van der Waals surface area contributed by atoms with Crippen molar-refractivity contribution in [2.45, 2.75) is 24.7 Å². The van der Waals surface area contributed by atoms with Gasteiger partial charge in [-0.05, 0) is 54.6 Å². The summed E-state index contributed by atoms with van der Waals surface area (Å²) in [6.45, 7) is 0.595. The van der Waals surface area contributed by atoms with Gasteiger partial charge in [0, 0.05) is 11.9 Å². The molecule has 3 aromatic rings. The molecule has 0 bridgehead atoms. The highest BCUT2D eigenvalue weighted by Gasteiger charge is 2.62. The molecular formula is C20H21N3O2. The second kappa shape index (κ2) is 6.01. The molecule has 0 unspecified atom stereocenters. The van der Waals surface area contributed by atoms with Crippen LogP contribution in [0, 0.1) is 5.92 Å². The van der Waals surface area contributed by atoms with Crippen molar-refractivity contribution in [2.24, 2.45) is 11.7 Å². The Hall–Kier alpha value is -2.66. The molecule has 1 aromatic heterocycles. The number of aromatic nitrogens is 2. The van der Waals surface area contributed by atoms with E-state index in [1.54, 1.807) is 6.33 Å². The summed E-state index contributed by atoms with van der Waals surface area (Å²) in [7, 11) is 0. The number of aliphatic carboxylic acids is 1. The minimum atomic E-state index is -0.836. The van der Waals surface area contributed by atoms with Gasteiger partial charge in [0.15, 0.2) is 0 Å². The minimum absolute atomic E-state index is 0.133. The molecule has 2 aromatic carbocycles. The topological polar surface area (TPSA) is 81.1 Å². The van der Waals surface area contributed by atoms with Crippen LogP contribution in [0.25, 0.3) is 16.5 Å². The van der Waals surface area contributed by atoms with Crippen molar-refractivity contribution < 1.29 is 9.90 Å². The third-order valence-electron chi connectivity index (χ3n) is 5.31. The molecule has 1 fully saturated rings. The van der Waals surface area contributed by atoms with Crippen molar-refractivity contribution in [3.63, 3.8) is 0 Å². The number of hydrogen-bond donors (Lipinski definition) is 2. The molecule has 1 heterocycles. The number of fused-ring (bicyclic) bond motifs is 1.